The molecule has 0 heteroatoms. The van der Waals surface area contributed by atoms with E-state index < -0.39 is 0 Å². The monoisotopic (exact) mass is 190 g/mol. The molecular weight excluding hydrogens is 168 g/mol. The second-order valence-corrected chi connectivity index (χ2v) is 6.26. The highest BCUT2D eigenvalue weighted by Crippen LogP contribution is 2.92. The summed E-state index contributed by atoms with van der Waals surface area (Å²) in [5.74, 6) is 3.21. The lowest BCUT2D eigenvalue weighted by molar-refractivity contribution is 0.349. The summed E-state index contributed by atoms with van der Waals surface area (Å²) in [5, 5.41) is 0. The van der Waals surface area contributed by atoms with Gasteiger partial charge in [-0.25, -0.2) is 0 Å². The Bertz CT molecular complexity index is 303. The fourth-order valence-corrected chi connectivity index (χ4v) is 4.15. The molecule has 78 valence electrons. The second kappa shape index (κ2) is 2.28. The highest BCUT2D eigenvalue weighted by atomic mass is 14.9. The van der Waals surface area contributed by atoms with Gasteiger partial charge < -0.3 is 0 Å². The van der Waals surface area contributed by atoms with Gasteiger partial charge in [-0.1, -0.05) is 32.4 Å². The molecule has 0 radical (unpaired) electrons. The molecular formula is C14H22. The van der Waals surface area contributed by atoms with Crippen molar-refractivity contribution in [1.82, 2.24) is 0 Å². The van der Waals surface area contributed by atoms with Gasteiger partial charge in [-0.15, -0.1) is 0 Å². The molecule has 5 atom stereocenters. The summed E-state index contributed by atoms with van der Waals surface area (Å²) in [6.07, 6.45) is 5.98. The number of rotatable bonds is 4. The Morgan fingerprint density at radius 3 is 2.50 bits per heavy atom. The van der Waals surface area contributed by atoms with Gasteiger partial charge in [0.25, 0.3) is 0 Å². The summed E-state index contributed by atoms with van der Waals surface area (Å²) in [6.45, 7) is 11.2. The molecule has 0 heterocycles. The average Bonchev–Trinajstić information content (AvgIpc) is 3.02. The summed E-state index contributed by atoms with van der Waals surface area (Å²) >= 11 is 0. The van der Waals surface area contributed by atoms with Gasteiger partial charge in [0.05, 0.1) is 0 Å². The zero-order valence-electron chi connectivity index (χ0n) is 9.77. The molecule has 3 saturated carbocycles. The smallest absolute Gasteiger partial charge is 0.00282 e. The second-order valence-electron chi connectivity index (χ2n) is 6.26. The van der Waals surface area contributed by atoms with E-state index in [1.54, 1.807) is 0 Å². The Balaban J connectivity index is 1.64. The van der Waals surface area contributed by atoms with Crippen LogP contribution >= 0.6 is 0 Å². The van der Waals surface area contributed by atoms with Gasteiger partial charge in [-0.05, 0) is 54.8 Å². The minimum absolute atomic E-state index is 0.563. The molecule has 0 amide bonds. The molecule has 0 bridgehead atoms. The van der Waals surface area contributed by atoms with E-state index in [4.69, 9.17) is 0 Å². The zero-order chi connectivity index (χ0) is 10.1. The molecule has 0 aliphatic heterocycles. The molecule has 3 rings (SSSR count). The maximum atomic E-state index is 4.18. The van der Waals surface area contributed by atoms with Gasteiger partial charge in [0.1, 0.15) is 0 Å². The maximum absolute atomic E-state index is 4.18. The molecule has 0 saturated heterocycles. The van der Waals surface area contributed by atoms with E-state index >= 15 is 0 Å². The molecule has 14 heavy (non-hydrogen) atoms. The molecule has 3 aliphatic rings. The first-order chi connectivity index (χ1) is 6.56. The van der Waals surface area contributed by atoms with Crippen molar-refractivity contribution in [3.8, 4) is 0 Å². The predicted molar refractivity (Wildman–Crippen MR) is 60.0 cm³/mol. The molecule has 0 nitrogen and oxygen atoms in total. The number of fused-ring (bicyclic) bond motifs is 1. The van der Waals surface area contributed by atoms with E-state index in [2.05, 4.69) is 27.4 Å². The summed E-state index contributed by atoms with van der Waals surface area (Å²) in [6, 6.07) is 0. The molecule has 0 aromatic rings. The van der Waals surface area contributed by atoms with Crippen molar-refractivity contribution in [1.29, 1.82) is 0 Å². The van der Waals surface area contributed by atoms with Crippen molar-refractivity contribution in [2.45, 2.75) is 46.5 Å². The van der Waals surface area contributed by atoms with Gasteiger partial charge in [0.15, 0.2) is 0 Å². The lowest BCUT2D eigenvalue weighted by Crippen LogP contribution is -2.14. The van der Waals surface area contributed by atoms with E-state index in [0.717, 1.165) is 23.2 Å². The van der Waals surface area contributed by atoms with Crippen LogP contribution in [0.15, 0.2) is 12.2 Å². The molecule has 0 N–H and O–H groups in total. The summed E-state index contributed by atoms with van der Waals surface area (Å²) in [5.41, 5.74) is 2.77. The van der Waals surface area contributed by atoms with Crippen LogP contribution in [0.1, 0.15) is 46.5 Å². The first kappa shape index (κ1) is 9.00. The third-order valence-corrected chi connectivity index (χ3v) is 5.83. The van der Waals surface area contributed by atoms with E-state index in [1.165, 1.54) is 31.3 Å². The minimum Gasteiger partial charge on any atom is -0.0996 e. The SMILES string of the molecule is C=C(C)C1(C)C2CC21CC1CC1CC. The van der Waals surface area contributed by atoms with Crippen LogP contribution in [0, 0.1) is 28.6 Å². The van der Waals surface area contributed by atoms with Crippen LogP contribution in [-0.4, -0.2) is 0 Å². The highest BCUT2D eigenvalue weighted by Gasteiger charge is 2.86. The van der Waals surface area contributed by atoms with E-state index in [0.29, 0.717) is 5.41 Å². The van der Waals surface area contributed by atoms with E-state index in [-0.39, 0.29) is 0 Å². The Morgan fingerprint density at radius 1 is 1.43 bits per heavy atom. The van der Waals surface area contributed by atoms with Crippen LogP contribution in [0.25, 0.3) is 0 Å². The van der Waals surface area contributed by atoms with Crippen LogP contribution in [-0.2, 0) is 0 Å². The summed E-state index contributed by atoms with van der Waals surface area (Å²) in [4.78, 5) is 0. The van der Waals surface area contributed by atoms with Crippen molar-refractivity contribution in [3.05, 3.63) is 12.2 Å². The highest BCUT2D eigenvalue weighted by molar-refractivity contribution is 5.42. The van der Waals surface area contributed by atoms with E-state index in [1.807, 2.05) is 0 Å². The van der Waals surface area contributed by atoms with Crippen LogP contribution < -0.4 is 0 Å². The molecule has 3 fully saturated rings. The Kier molecular flexibility index (Phi) is 1.47. The Labute approximate surface area is 87.8 Å². The van der Waals surface area contributed by atoms with E-state index in [9.17, 15) is 0 Å². The maximum Gasteiger partial charge on any atom is -0.00282 e. The van der Waals surface area contributed by atoms with Crippen LogP contribution in [0.2, 0.25) is 0 Å². The number of hydrogen-bond acceptors (Lipinski definition) is 0. The molecule has 5 unspecified atom stereocenters. The van der Waals surface area contributed by atoms with Crippen molar-refractivity contribution < 1.29 is 0 Å². The average molecular weight is 190 g/mol. The zero-order valence-corrected chi connectivity index (χ0v) is 9.77. The van der Waals surface area contributed by atoms with Crippen molar-refractivity contribution in [3.63, 3.8) is 0 Å². The first-order valence-electron chi connectivity index (χ1n) is 6.22. The standard InChI is InChI=1S/C14H22/c1-5-10-6-11(10)7-14-8-12(14)13(14,4)9(2)3/h10-12H,2,5-8H2,1,3-4H3. The first-order valence-corrected chi connectivity index (χ1v) is 6.22. The lowest BCUT2D eigenvalue weighted by Gasteiger charge is -2.23. The quantitative estimate of drug-likeness (QED) is 0.587. The van der Waals surface area contributed by atoms with Gasteiger partial charge in [0, 0.05) is 0 Å². The van der Waals surface area contributed by atoms with Crippen molar-refractivity contribution in [2.75, 3.05) is 0 Å². The summed E-state index contributed by atoms with van der Waals surface area (Å²) < 4.78 is 0. The Hall–Kier alpha value is -0.260. The fraction of sp³-hybridized carbons (Fsp3) is 0.857. The third kappa shape index (κ3) is 0.816. The normalized spacial score (nSPS) is 57.8. The van der Waals surface area contributed by atoms with Gasteiger partial charge in [-0.3, -0.25) is 0 Å². The minimum atomic E-state index is 0.563. The lowest BCUT2D eigenvalue weighted by atomic mass is 9.81. The molecule has 3 aliphatic carbocycles. The Morgan fingerprint density at radius 2 is 2.14 bits per heavy atom. The molecule has 0 spiro atoms. The topological polar surface area (TPSA) is 0 Å². The largest absolute Gasteiger partial charge is 0.0996 e. The van der Waals surface area contributed by atoms with Crippen LogP contribution in [0.4, 0.5) is 0 Å². The van der Waals surface area contributed by atoms with Crippen molar-refractivity contribution in [2.24, 2.45) is 28.6 Å². The van der Waals surface area contributed by atoms with Gasteiger partial charge >= 0.3 is 0 Å². The van der Waals surface area contributed by atoms with Crippen LogP contribution in [0.5, 0.6) is 0 Å². The van der Waals surface area contributed by atoms with Gasteiger partial charge in [-0.2, -0.15) is 0 Å². The number of allylic oxidation sites excluding steroid dienone is 1. The van der Waals surface area contributed by atoms with Crippen molar-refractivity contribution >= 4 is 0 Å². The molecule has 0 aromatic carbocycles. The number of hydrogen-bond donors (Lipinski definition) is 0. The fourth-order valence-electron chi connectivity index (χ4n) is 4.15. The predicted octanol–water partition coefficient (Wildman–Crippen LogP) is 4.02. The molecule has 0 aromatic heterocycles. The van der Waals surface area contributed by atoms with Gasteiger partial charge in [0.2, 0.25) is 0 Å². The third-order valence-electron chi connectivity index (χ3n) is 5.83. The summed E-state index contributed by atoms with van der Waals surface area (Å²) in [7, 11) is 0. The van der Waals surface area contributed by atoms with Crippen LogP contribution in [0.3, 0.4) is 0 Å².